The molecule has 0 spiro atoms. The van der Waals surface area contributed by atoms with Crippen molar-refractivity contribution in [2.45, 2.75) is 26.8 Å². The molecular weight excluding hydrogens is 370 g/mol. The number of para-hydroxylation sites is 1. The third-order valence-electron chi connectivity index (χ3n) is 5.26. The Hall–Kier alpha value is -3.42. The van der Waals surface area contributed by atoms with Gasteiger partial charge >= 0.3 is 0 Å². The van der Waals surface area contributed by atoms with Crippen molar-refractivity contribution in [2.75, 3.05) is 11.4 Å². The summed E-state index contributed by atoms with van der Waals surface area (Å²) < 4.78 is 7.12. The quantitative estimate of drug-likeness (QED) is 0.718. The number of nitrogens with zero attached hydrogens (tertiary/aromatic N) is 4. The van der Waals surface area contributed by atoms with Crippen LogP contribution in [0.25, 0.3) is 11.5 Å². The van der Waals surface area contributed by atoms with E-state index in [-0.39, 0.29) is 24.8 Å². The fourth-order valence-electron chi connectivity index (χ4n) is 3.76. The molecule has 1 aliphatic rings. The molecule has 1 saturated heterocycles. The molecule has 0 aliphatic carbocycles. The van der Waals surface area contributed by atoms with Gasteiger partial charge in [0.15, 0.2) is 0 Å². The summed E-state index contributed by atoms with van der Waals surface area (Å²) in [5.74, 6) is 0.165. The molecule has 1 fully saturated rings. The van der Waals surface area contributed by atoms with Crippen LogP contribution in [0.15, 0.2) is 41.1 Å². The average Bonchev–Trinajstić information content (AvgIpc) is 3.40. The topological polar surface area (TPSA) is 93.3 Å². The van der Waals surface area contributed by atoms with Crippen LogP contribution in [0.4, 0.5) is 5.69 Å². The fourth-order valence-corrected chi connectivity index (χ4v) is 3.76. The van der Waals surface area contributed by atoms with E-state index in [2.05, 4.69) is 15.5 Å². The van der Waals surface area contributed by atoms with E-state index in [0.29, 0.717) is 18.3 Å². The van der Waals surface area contributed by atoms with Crippen LogP contribution in [-0.2, 0) is 23.2 Å². The van der Waals surface area contributed by atoms with Gasteiger partial charge in [0.1, 0.15) is 0 Å². The minimum atomic E-state index is -0.406. The number of aromatic nitrogens is 3. The molecular formula is C21H23N5O3. The van der Waals surface area contributed by atoms with Crippen molar-refractivity contribution in [3.63, 3.8) is 0 Å². The number of anilines is 1. The summed E-state index contributed by atoms with van der Waals surface area (Å²) in [6.45, 7) is 4.45. The van der Waals surface area contributed by atoms with Gasteiger partial charge in [-0.05, 0) is 37.1 Å². The maximum Gasteiger partial charge on any atom is 0.246 e. The molecule has 1 aliphatic heterocycles. The Kier molecular flexibility index (Phi) is 4.92. The number of rotatable bonds is 5. The van der Waals surface area contributed by atoms with Crippen molar-refractivity contribution in [3.05, 3.63) is 53.5 Å². The van der Waals surface area contributed by atoms with Crippen LogP contribution < -0.4 is 10.2 Å². The standard InChI is InChI=1S/C21H23N5O3/c1-13-6-4-7-14(2)19(13)26-12-15(10-18(26)27)21(28)22-11-17-23-20(24-29-17)16-8-5-9-25(16)3/h4-9,15H,10-12H2,1-3H3,(H,22,28). The Bertz CT molecular complexity index is 1050. The summed E-state index contributed by atoms with van der Waals surface area (Å²) in [5.41, 5.74) is 3.78. The number of benzene rings is 1. The Balaban J connectivity index is 1.39. The number of nitrogens with one attached hydrogen (secondary N) is 1. The molecule has 3 aromatic rings. The SMILES string of the molecule is Cc1cccc(C)c1N1CC(C(=O)NCc2nc(-c3cccn3C)no2)CC1=O. The van der Waals surface area contributed by atoms with Crippen molar-refractivity contribution in [2.24, 2.45) is 13.0 Å². The van der Waals surface area contributed by atoms with Gasteiger partial charge in [-0.15, -0.1) is 0 Å². The average molecular weight is 393 g/mol. The Morgan fingerprint density at radius 2 is 2.00 bits per heavy atom. The number of carbonyl (C=O) groups is 2. The monoisotopic (exact) mass is 393 g/mol. The van der Waals surface area contributed by atoms with E-state index in [4.69, 9.17) is 4.52 Å². The maximum absolute atomic E-state index is 12.6. The minimum Gasteiger partial charge on any atom is -0.348 e. The van der Waals surface area contributed by atoms with Crippen LogP contribution in [0.5, 0.6) is 0 Å². The van der Waals surface area contributed by atoms with Crippen molar-refractivity contribution in [1.29, 1.82) is 0 Å². The molecule has 0 saturated carbocycles. The predicted octanol–water partition coefficient (Wildman–Crippen LogP) is 2.36. The molecule has 1 N–H and O–H groups in total. The van der Waals surface area contributed by atoms with Crippen LogP contribution in [0.1, 0.15) is 23.4 Å². The summed E-state index contributed by atoms with van der Waals surface area (Å²) in [6, 6.07) is 9.70. The van der Waals surface area contributed by atoms with Crippen LogP contribution >= 0.6 is 0 Å². The van der Waals surface area contributed by atoms with E-state index in [1.807, 2.05) is 62.0 Å². The molecule has 8 nitrogen and oxygen atoms in total. The second-order valence-corrected chi connectivity index (χ2v) is 7.38. The van der Waals surface area contributed by atoms with Crippen LogP contribution in [0.3, 0.4) is 0 Å². The maximum atomic E-state index is 12.6. The first kappa shape index (κ1) is 18.9. The Morgan fingerprint density at radius 1 is 1.24 bits per heavy atom. The number of hydrogen-bond acceptors (Lipinski definition) is 5. The Labute approximate surface area is 168 Å². The first-order valence-electron chi connectivity index (χ1n) is 9.52. The molecule has 1 aromatic carbocycles. The van der Waals surface area contributed by atoms with Crippen LogP contribution in [-0.4, -0.2) is 33.1 Å². The van der Waals surface area contributed by atoms with Gasteiger partial charge < -0.3 is 19.3 Å². The lowest BCUT2D eigenvalue weighted by molar-refractivity contribution is -0.126. The zero-order chi connectivity index (χ0) is 20.5. The van der Waals surface area contributed by atoms with Crippen molar-refractivity contribution >= 4 is 17.5 Å². The number of carbonyl (C=O) groups excluding carboxylic acids is 2. The first-order valence-corrected chi connectivity index (χ1v) is 9.52. The zero-order valence-corrected chi connectivity index (χ0v) is 16.7. The van der Waals surface area contributed by atoms with E-state index in [1.54, 1.807) is 4.90 Å². The molecule has 2 aromatic heterocycles. The van der Waals surface area contributed by atoms with Gasteiger partial charge in [0.05, 0.1) is 18.2 Å². The fraction of sp³-hybridized carbons (Fsp3) is 0.333. The molecule has 4 rings (SSSR count). The summed E-state index contributed by atoms with van der Waals surface area (Å²) in [5, 5.41) is 6.77. The lowest BCUT2D eigenvalue weighted by Crippen LogP contribution is -2.33. The largest absolute Gasteiger partial charge is 0.348 e. The van der Waals surface area contributed by atoms with Gasteiger partial charge in [-0.2, -0.15) is 4.98 Å². The highest BCUT2D eigenvalue weighted by molar-refractivity contribution is 6.01. The third-order valence-corrected chi connectivity index (χ3v) is 5.26. The highest BCUT2D eigenvalue weighted by Crippen LogP contribution is 2.30. The predicted molar refractivity (Wildman–Crippen MR) is 107 cm³/mol. The van der Waals surface area contributed by atoms with Crippen LogP contribution in [0, 0.1) is 19.8 Å². The minimum absolute atomic E-state index is 0.0358. The zero-order valence-electron chi connectivity index (χ0n) is 16.7. The lowest BCUT2D eigenvalue weighted by Gasteiger charge is -2.21. The van der Waals surface area contributed by atoms with E-state index in [0.717, 1.165) is 22.5 Å². The summed E-state index contributed by atoms with van der Waals surface area (Å²) in [7, 11) is 1.90. The number of hydrogen-bond donors (Lipinski definition) is 1. The summed E-state index contributed by atoms with van der Waals surface area (Å²) in [6.07, 6.45) is 2.09. The van der Waals surface area contributed by atoms with Crippen LogP contribution in [0.2, 0.25) is 0 Å². The van der Waals surface area contributed by atoms with E-state index in [1.165, 1.54) is 0 Å². The lowest BCUT2D eigenvalue weighted by atomic mass is 10.1. The van der Waals surface area contributed by atoms with E-state index < -0.39 is 5.92 Å². The van der Waals surface area contributed by atoms with Gasteiger partial charge in [-0.25, -0.2) is 0 Å². The molecule has 150 valence electrons. The van der Waals surface area contributed by atoms with Gasteiger partial charge in [-0.1, -0.05) is 23.4 Å². The second-order valence-electron chi connectivity index (χ2n) is 7.38. The molecule has 0 radical (unpaired) electrons. The smallest absolute Gasteiger partial charge is 0.246 e. The van der Waals surface area contributed by atoms with Gasteiger partial charge in [-0.3, -0.25) is 9.59 Å². The molecule has 1 atom stereocenters. The van der Waals surface area contributed by atoms with E-state index >= 15 is 0 Å². The summed E-state index contributed by atoms with van der Waals surface area (Å²) in [4.78, 5) is 31.2. The third kappa shape index (κ3) is 3.65. The van der Waals surface area contributed by atoms with Gasteiger partial charge in [0.25, 0.3) is 0 Å². The summed E-state index contributed by atoms with van der Waals surface area (Å²) >= 11 is 0. The van der Waals surface area contributed by atoms with Crippen molar-refractivity contribution in [3.8, 4) is 11.5 Å². The first-order chi connectivity index (χ1) is 13.9. The van der Waals surface area contributed by atoms with Crippen molar-refractivity contribution < 1.29 is 14.1 Å². The normalized spacial score (nSPS) is 16.4. The van der Waals surface area contributed by atoms with Gasteiger partial charge in [0, 0.05) is 31.9 Å². The number of amides is 2. The van der Waals surface area contributed by atoms with Crippen molar-refractivity contribution in [1.82, 2.24) is 20.0 Å². The number of aryl methyl sites for hydroxylation is 3. The molecule has 3 heterocycles. The molecule has 8 heteroatoms. The van der Waals surface area contributed by atoms with Gasteiger partial charge in [0.2, 0.25) is 23.5 Å². The Morgan fingerprint density at radius 3 is 2.69 bits per heavy atom. The second kappa shape index (κ2) is 7.54. The molecule has 1 unspecified atom stereocenters. The highest BCUT2D eigenvalue weighted by atomic mass is 16.5. The molecule has 2 amide bonds. The molecule has 0 bridgehead atoms. The van der Waals surface area contributed by atoms with E-state index in [9.17, 15) is 9.59 Å². The molecule has 29 heavy (non-hydrogen) atoms. The highest BCUT2D eigenvalue weighted by Gasteiger charge is 2.36.